The zero-order valence-corrected chi connectivity index (χ0v) is 15.4. The Hall–Kier alpha value is -1.44. The highest BCUT2D eigenvalue weighted by molar-refractivity contribution is 6.76. The van der Waals surface area contributed by atoms with E-state index < -0.39 is 8.07 Å². The number of aryl methyl sites for hydroxylation is 1. The molecule has 0 spiro atoms. The van der Waals surface area contributed by atoms with Crippen molar-refractivity contribution < 1.29 is 9.47 Å². The minimum atomic E-state index is -1.05. The van der Waals surface area contributed by atoms with Crippen LogP contribution in [0.15, 0.2) is 12.3 Å². The summed E-state index contributed by atoms with van der Waals surface area (Å²) in [5.74, 6) is 1.66. The second-order valence-corrected chi connectivity index (χ2v) is 13.0. The molecule has 2 aromatic heterocycles. The molecule has 2 aromatic rings. The first-order chi connectivity index (χ1) is 10.9. The Balaban J connectivity index is 1.71. The van der Waals surface area contributed by atoms with Crippen molar-refractivity contribution in [3.8, 4) is 0 Å². The maximum Gasteiger partial charge on any atom is 0.147 e. The zero-order chi connectivity index (χ0) is 16.4. The van der Waals surface area contributed by atoms with Crippen LogP contribution in [0.3, 0.4) is 0 Å². The Kier molecular flexibility index (Phi) is 4.70. The van der Waals surface area contributed by atoms with Crippen LogP contribution in [0.1, 0.15) is 5.82 Å². The smallest absolute Gasteiger partial charge is 0.147 e. The van der Waals surface area contributed by atoms with Crippen molar-refractivity contribution in [3.05, 3.63) is 18.1 Å². The van der Waals surface area contributed by atoms with Gasteiger partial charge >= 0.3 is 0 Å². The summed E-state index contributed by atoms with van der Waals surface area (Å²) in [6.07, 6.45) is 2.02. The normalized spacial score (nSPS) is 15.8. The average Bonchev–Trinajstić information content (AvgIpc) is 2.81. The minimum absolute atomic E-state index is 0.351. The van der Waals surface area contributed by atoms with Gasteiger partial charge in [0.1, 0.15) is 24.0 Å². The molecule has 1 aliphatic rings. The molecule has 1 N–H and O–H groups in total. The van der Waals surface area contributed by atoms with Crippen LogP contribution < -0.4 is 5.32 Å². The third-order valence-electron chi connectivity index (χ3n) is 3.94. The van der Waals surface area contributed by atoms with Gasteiger partial charge in [0.05, 0.1) is 24.6 Å². The van der Waals surface area contributed by atoms with Gasteiger partial charge in [-0.3, -0.25) is 0 Å². The third kappa shape index (κ3) is 4.10. The van der Waals surface area contributed by atoms with E-state index in [1.165, 1.54) is 6.04 Å². The molecule has 0 atom stereocenters. The number of nitrogens with zero attached hydrogens (tertiary/aromatic N) is 3. The molecule has 6 nitrogen and oxygen atoms in total. The number of fused-ring (bicyclic) bond motifs is 1. The molecule has 0 aliphatic carbocycles. The predicted molar refractivity (Wildman–Crippen MR) is 94.6 cm³/mol. The van der Waals surface area contributed by atoms with E-state index in [0.717, 1.165) is 42.5 Å². The molecular weight excluding hydrogens is 308 g/mol. The van der Waals surface area contributed by atoms with Crippen molar-refractivity contribution in [1.29, 1.82) is 0 Å². The fourth-order valence-electron chi connectivity index (χ4n) is 2.44. The van der Waals surface area contributed by atoms with Crippen LogP contribution in [0, 0.1) is 6.92 Å². The molecule has 3 heterocycles. The van der Waals surface area contributed by atoms with Gasteiger partial charge in [-0.2, -0.15) is 0 Å². The lowest BCUT2D eigenvalue weighted by Crippen LogP contribution is -2.40. The van der Waals surface area contributed by atoms with Crippen molar-refractivity contribution >= 4 is 24.9 Å². The second-order valence-electron chi connectivity index (χ2n) is 7.37. The Labute approximate surface area is 138 Å². The fourth-order valence-corrected chi connectivity index (χ4v) is 3.20. The van der Waals surface area contributed by atoms with Crippen LogP contribution >= 0.6 is 0 Å². The van der Waals surface area contributed by atoms with Crippen LogP contribution in [-0.4, -0.2) is 48.5 Å². The van der Waals surface area contributed by atoms with E-state index in [1.54, 1.807) is 0 Å². The number of hydrogen-bond donors (Lipinski definition) is 1. The monoisotopic (exact) mass is 334 g/mol. The van der Waals surface area contributed by atoms with Crippen molar-refractivity contribution in [2.75, 3.05) is 25.1 Å². The highest BCUT2D eigenvalue weighted by Crippen LogP contribution is 2.23. The lowest BCUT2D eigenvalue weighted by atomic mass is 10.2. The molecule has 0 unspecified atom stereocenters. The number of ether oxygens (including phenoxy) is 2. The average molecular weight is 334 g/mol. The zero-order valence-electron chi connectivity index (χ0n) is 14.4. The first-order valence-electron chi connectivity index (χ1n) is 8.18. The summed E-state index contributed by atoms with van der Waals surface area (Å²) < 4.78 is 13.1. The summed E-state index contributed by atoms with van der Waals surface area (Å²) in [5, 5.41) is 4.48. The van der Waals surface area contributed by atoms with Crippen molar-refractivity contribution in [2.24, 2.45) is 0 Å². The van der Waals surface area contributed by atoms with Gasteiger partial charge in [0.2, 0.25) is 0 Å². The van der Waals surface area contributed by atoms with Crippen molar-refractivity contribution in [2.45, 2.75) is 45.4 Å². The Morgan fingerprint density at radius 1 is 1.35 bits per heavy atom. The van der Waals surface area contributed by atoms with Gasteiger partial charge in [-0.25, -0.2) is 9.97 Å². The summed E-state index contributed by atoms with van der Waals surface area (Å²) in [6, 6.07) is 3.58. The first kappa shape index (κ1) is 16.4. The summed E-state index contributed by atoms with van der Waals surface area (Å²) in [5.41, 5.74) is 0.924. The Morgan fingerprint density at radius 3 is 2.78 bits per heavy atom. The molecule has 1 fully saturated rings. The molecule has 0 amide bonds. The quantitative estimate of drug-likeness (QED) is 0.623. The molecule has 7 heteroatoms. The predicted octanol–water partition coefficient (Wildman–Crippen LogP) is 2.86. The van der Waals surface area contributed by atoms with Crippen molar-refractivity contribution in [3.63, 3.8) is 0 Å². The number of anilines is 1. The van der Waals surface area contributed by atoms with E-state index in [2.05, 4.69) is 45.6 Å². The number of rotatable bonds is 7. The maximum absolute atomic E-state index is 5.85. The van der Waals surface area contributed by atoms with E-state index in [0.29, 0.717) is 12.8 Å². The second kappa shape index (κ2) is 6.58. The first-order valence-corrected chi connectivity index (χ1v) is 11.9. The van der Waals surface area contributed by atoms with Crippen LogP contribution in [0.2, 0.25) is 25.7 Å². The number of hydrogen-bond acceptors (Lipinski definition) is 5. The van der Waals surface area contributed by atoms with Crippen LogP contribution in [-0.2, 0) is 16.2 Å². The van der Waals surface area contributed by atoms with Gasteiger partial charge in [-0.15, -0.1) is 0 Å². The van der Waals surface area contributed by atoms with Crippen molar-refractivity contribution in [1.82, 2.24) is 14.5 Å². The molecule has 1 saturated heterocycles. The largest absolute Gasteiger partial charge is 0.377 e. The standard InChI is InChI=1S/C16H26N4O2Si/c1-12-17-15(19-13-9-22-10-13)14-5-6-20(16(14)18-12)11-21-7-8-23(2,3)4/h5-6,13H,7-11H2,1-4H3,(H,17,18,19). The van der Waals surface area contributed by atoms with Gasteiger partial charge in [0, 0.05) is 20.9 Å². The molecule has 0 aromatic carbocycles. The van der Waals surface area contributed by atoms with Gasteiger partial charge in [0.25, 0.3) is 0 Å². The molecule has 1 aliphatic heterocycles. The summed E-state index contributed by atoms with van der Waals surface area (Å²) in [7, 11) is -1.05. The van der Waals surface area contributed by atoms with Crippen LogP contribution in [0.5, 0.6) is 0 Å². The number of nitrogens with one attached hydrogen (secondary N) is 1. The molecule has 3 rings (SSSR count). The van der Waals surface area contributed by atoms with E-state index in [4.69, 9.17) is 9.47 Å². The van der Waals surface area contributed by atoms with Gasteiger partial charge in [-0.1, -0.05) is 19.6 Å². The summed E-state index contributed by atoms with van der Waals surface area (Å²) in [4.78, 5) is 9.12. The van der Waals surface area contributed by atoms with Gasteiger partial charge in [0.15, 0.2) is 0 Å². The van der Waals surface area contributed by atoms with E-state index in [-0.39, 0.29) is 0 Å². The van der Waals surface area contributed by atoms with Crippen LogP contribution in [0.25, 0.3) is 11.0 Å². The topological polar surface area (TPSA) is 61.2 Å². The Morgan fingerprint density at radius 2 is 2.13 bits per heavy atom. The summed E-state index contributed by atoms with van der Waals surface area (Å²) in [6.45, 7) is 11.8. The molecule has 0 radical (unpaired) electrons. The SMILES string of the molecule is Cc1nc(NC2COC2)c2ccn(COCC[Si](C)(C)C)c2n1. The Bertz CT molecular complexity index is 677. The van der Waals surface area contributed by atoms with E-state index in [9.17, 15) is 0 Å². The maximum atomic E-state index is 5.85. The van der Waals surface area contributed by atoms with E-state index in [1.807, 2.05) is 13.1 Å². The number of aromatic nitrogens is 3. The fraction of sp³-hybridized carbons (Fsp3) is 0.625. The highest BCUT2D eigenvalue weighted by Gasteiger charge is 2.20. The van der Waals surface area contributed by atoms with Crippen LogP contribution in [0.4, 0.5) is 5.82 Å². The third-order valence-corrected chi connectivity index (χ3v) is 5.64. The lowest BCUT2D eigenvalue weighted by Gasteiger charge is -2.27. The molecular formula is C16H26N4O2Si. The molecule has 23 heavy (non-hydrogen) atoms. The van der Waals surface area contributed by atoms with Gasteiger partial charge in [-0.05, 0) is 19.0 Å². The summed E-state index contributed by atoms with van der Waals surface area (Å²) >= 11 is 0. The molecule has 126 valence electrons. The highest BCUT2D eigenvalue weighted by atomic mass is 28.3. The molecule has 0 bridgehead atoms. The van der Waals surface area contributed by atoms with Gasteiger partial charge < -0.3 is 19.4 Å². The lowest BCUT2D eigenvalue weighted by molar-refractivity contribution is 0.0210. The van der Waals surface area contributed by atoms with E-state index >= 15 is 0 Å². The molecule has 0 saturated carbocycles. The minimum Gasteiger partial charge on any atom is -0.377 e.